The van der Waals surface area contributed by atoms with Crippen molar-refractivity contribution in [3.63, 3.8) is 0 Å². The van der Waals surface area contributed by atoms with Crippen LogP contribution in [0, 0.1) is 35.5 Å². The number of carboxylic acids is 6. The van der Waals surface area contributed by atoms with Crippen LogP contribution in [0.3, 0.4) is 0 Å². The molecule has 0 radical (unpaired) electrons. The van der Waals surface area contributed by atoms with Crippen LogP contribution in [0.15, 0.2) is 118 Å². The van der Waals surface area contributed by atoms with Gasteiger partial charge in [-0.1, -0.05) is 73.4 Å². The van der Waals surface area contributed by atoms with E-state index in [0.717, 1.165) is 24.3 Å². The largest absolute Gasteiger partial charge is 0.478 e. The number of benzene rings is 6. The first-order chi connectivity index (χ1) is 53.9. The second kappa shape index (κ2) is 45.1. The minimum atomic E-state index is -2.87. The SMILES string of the molecule is CC(C)(C)OC(=O)c1ccc(Br)cc1C(=O)OC(C)(C)C.CC(C)(C)OC(=O)c1ccc(C#CCF)cc1C(=O)OC(C)(C)C.CC(C)(C)OC(=O)c1ccc(C#CCO)cc1C(=O)OC(C)(C)C.O=C(O)c1ccc(Br)cc1C(=O)O.O=C(O)c1ccc(C#CCF)cc1C(=O)O.[3H]C([3H])(CF)C([3H])([3H])c1ccc(C(=O)O)c(C(=O)O)c1. The smallest absolute Gasteiger partial charge is 0.339 e. The van der Waals surface area contributed by atoms with Crippen LogP contribution in [-0.4, -0.2) is 168 Å². The van der Waals surface area contributed by atoms with Crippen LogP contribution >= 0.6 is 31.9 Å². The number of halogens is 5. The fourth-order valence-corrected chi connectivity index (χ4v) is 8.92. The highest BCUT2D eigenvalue weighted by molar-refractivity contribution is 9.10. The Kier molecular flexibility index (Phi) is 36.8. The summed E-state index contributed by atoms with van der Waals surface area (Å²) in [5.74, 6) is 2.65. The van der Waals surface area contributed by atoms with Gasteiger partial charge < -0.3 is 64.2 Å². The molecule has 0 aliphatic rings. The van der Waals surface area contributed by atoms with Crippen molar-refractivity contribution in [2.45, 2.75) is 171 Å². The average Bonchev–Trinajstić information content (AvgIpc) is 0.774. The molecule has 0 spiro atoms. The maximum Gasteiger partial charge on any atom is 0.339 e. The van der Waals surface area contributed by atoms with Gasteiger partial charge in [-0.2, -0.15) is 0 Å². The number of aromatic carboxylic acids is 6. The second-order valence-corrected chi connectivity index (χ2v) is 30.9. The van der Waals surface area contributed by atoms with Crippen LogP contribution in [-0.2, 0) is 34.8 Å². The standard InChI is InChI=1S/C19H23FO4.C19H24O5.C16H21BrO4.C11H11FO4.C11H7FO4.C8H5BrO4/c2*1-18(2,3)23-16(21)14-10-9-13(8-7-11-20)12-15(14)17(22)24-19(4,5)6;1-15(2,3)20-13(18)11-8-7-10(17)9-12(11)14(19)21-16(4,5)6;2*12-5-1-2-7-3-4-8(10(13)14)9(6-7)11(15)16;9-4-1-2-5(7(10)11)6(3-4)8(12)13/h9-10,12H,11H2,1-6H3;9-10,12,20H,11H2,1-6H3;7-9H,1-6H3;3-4,6H,1-2,5H2,(H,13,14)(H,15,16);3-4,6H,5H2,(H,13,14)(H,15,16);1-3H,(H,10,11)(H,12,13)/i;;;1T2,2T2;;. The number of hydrogen-bond acceptors (Lipinski definition) is 19. The minimum Gasteiger partial charge on any atom is -0.478 e. The number of aliphatic hydroxyl groups is 1. The Morgan fingerprint density at radius 2 is 0.553 bits per heavy atom. The normalized spacial score (nSPS) is 11.5. The number of hydrogen-bond donors (Lipinski definition) is 7. The number of carbonyl (C=O) groups excluding carboxylic acids is 6. The second-order valence-electron chi connectivity index (χ2n) is 29.0. The number of carbonyl (C=O) groups is 12. The third-order valence-corrected chi connectivity index (χ3v) is 13.3. The van der Waals surface area contributed by atoms with Crippen LogP contribution in [0.1, 0.15) is 283 Å². The fourth-order valence-electron chi connectivity index (χ4n) is 8.20. The molecule has 0 saturated carbocycles. The number of alkyl halides is 3. The summed E-state index contributed by atoms with van der Waals surface area (Å²) in [7, 11) is 0. The Morgan fingerprint density at radius 3 is 0.833 bits per heavy atom. The summed E-state index contributed by atoms with van der Waals surface area (Å²) in [6, 6.07) is 23.8. The van der Waals surface area contributed by atoms with Crippen molar-refractivity contribution in [3.05, 3.63) is 207 Å². The molecule has 114 heavy (non-hydrogen) atoms. The lowest BCUT2D eigenvalue weighted by Gasteiger charge is -2.22. The Labute approximate surface area is 680 Å². The lowest BCUT2D eigenvalue weighted by atomic mass is 10.0. The van der Waals surface area contributed by atoms with E-state index in [2.05, 4.69) is 67.4 Å². The van der Waals surface area contributed by atoms with Gasteiger partial charge in [0.1, 0.15) is 40.2 Å². The molecule has 7 N–H and O–H groups in total. The zero-order valence-electron chi connectivity index (χ0n) is 69.6. The summed E-state index contributed by atoms with van der Waals surface area (Å²) in [5, 5.41) is 61.3. The van der Waals surface area contributed by atoms with E-state index in [4.69, 9.17) is 69.6 Å². The number of ether oxygens (including phenoxy) is 6. The molecule has 0 atom stereocenters. The number of esters is 6. The van der Waals surface area contributed by atoms with E-state index in [-0.39, 0.29) is 67.8 Å². The van der Waals surface area contributed by atoms with Gasteiger partial charge in [-0.25, -0.2) is 66.3 Å². The summed E-state index contributed by atoms with van der Waals surface area (Å²) < 4.78 is 99.6. The van der Waals surface area contributed by atoms with Crippen LogP contribution in [0.2, 0.25) is 0 Å². The van der Waals surface area contributed by atoms with Gasteiger partial charge in [0.2, 0.25) is 0 Å². The minimum absolute atomic E-state index is 0.0461. The van der Waals surface area contributed by atoms with Crippen LogP contribution in [0.5, 0.6) is 0 Å². The molecule has 6 rings (SSSR count). The predicted molar refractivity (Wildman–Crippen MR) is 421 cm³/mol. The molecule has 0 aliphatic heterocycles. The highest BCUT2D eigenvalue weighted by atomic mass is 79.9. The number of carboxylic acid groups (broad SMARTS) is 6. The van der Waals surface area contributed by atoms with Crippen LogP contribution < -0.4 is 0 Å². The van der Waals surface area contributed by atoms with E-state index in [1.807, 2.05) is 0 Å². The maximum absolute atomic E-state index is 12.6. The fraction of sp³-hybridized carbons (Fsp3) is 0.357. The topological polar surface area (TPSA) is 402 Å². The monoisotopic (exact) mass is 1720 g/mol. The van der Waals surface area contributed by atoms with Crippen molar-refractivity contribution >= 4 is 103 Å². The first-order valence-corrected chi connectivity index (χ1v) is 35.2. The molecule has 25 nitrogen and oxygen atoms in total. The summed E-state index contributed by atoms with van der Waals surface area (Å²) in [5.41, 5.74) is -4.96. The molecule has 0 aromatic heterocycles. The van der Waals surface area contributed by atoms with Gasteiger partial charge in [-0.05, 0) is 246 Å². The van der Waals surface area contributed by atoms with Gasteiger partial charge in [-0.15, -0.1) is 0 Å². The van der Waals surface area contributed by atoms with Crippen molar-refractivity contribution < 1.29 is 140 Å². The van der Waals surface area contributed by atoms with E-state index >= 15 is 0 Å². The summed E-state index contributed by atoms with van der Waals surface area (Å²) in [4.78, 5) is 138. The molecular formula is C84H91Br2F3O25. The van der Waals surface area contributed by atoms with E-state index in [1.54, 1.807) is 149 Å². The zero-order chi connectivity index (χ0) is 91.4. The molecule has 0 bridgehead atoms. The number of rotatable bonds is 15. The van der Waals surface area contributed by atoms with Crippen molar-refractivity contribution in [1.29, 1.82) is 0 Å². The Bertz CT molecular complexity index is 4800. The summed E-state index contributed by atoms with van der Waals surface area (Å²) in [6.45, 7) is 28.0. The molecule has 6 aromatic rings. The molecule has 612 valence electrons. The molecule has 30 heteroatoms. The molecule has 0 aliphatic carbocycles. The first-order valence-electron chi connectivity index (χ1n) is 35.6. The Morgan fingerprint density at radius 1 is 0.325 bits per heavy atom. The van der Waals surface area contributed by atoms with Gasteiger partial charge in [-0.3, -0.25) is 4.39 Å². The van der Waals surface area contributed by atoms with Crippen LogP contribution in [0.25, 0.3) is 0 Å². The van der Waals surface area contributed by atoms with Gasteiger partial charge in [0.05, 0.1) is 73.4 Å². The van der Waals surface area contributed by atoms with Crippen molar-refractivity contribution in [3.8, 4) is 35.5 Å². The van der Waals surface area contributed by atoms with Crippen molar-refractivity contribution in [1.82, 2.24) is 0 Å². The Balaban J connectivity index is 0.000000715. The third-order valence-electron chi connectivity index (χ3n) is 12.3. The molecular weight excluding hydrogens is 1630 g/mol. The predicted octanol–water partition coefficient (Wildman–Crippen LogP) is 16.5. The van der Waals surface area contributed by atoms with Crippen LogP contribution in [0.4, 0.5) is 13.2 Å². The molecule has 0 fully saturated rings. The lowest BCUT2D eigenvalue weighted by Crippen LogP contribution is -2.28. The zero-order valence-corrected chi connectivity index (χ0v) is 68.8. The van der Waals surface area contributed by atoms with Gasteiger partial charge in [0, 0.05) is 31.1 Å². The lowest BCUT2D eigenvalue weighted by molar-refractivity contribution is 0.00186. The highest BCUT2D eigenvalue weighted by Crippen LogP contribution is 2.27. The van der Waals surface area contributed by atoms with E-state index in [9.17, 15) is 70.7 Å². The van der Waals surface area contributed by atoms with Gasteiger partial charge in [0.25, 0.3) is 0 Å². The summed E-state index contributed by atoms with van der Waals surface area (Å²) in [6.07, 6.45) is -5.67. The van der Waals surface area contributed by atoms with E-state index in [0.29, 0.717) is 26.1 Å². The molecule has 0 unspecified atom stereocenters. The average molecular weight is 1730 g/mol. The number of aryl methyl sites for hydroxylation is 1. The molecule has 0 heterocycles. The summed E-state index contributed by atoms with van der Waals surface area (Å²) >= 11 is 6.35. The third kappa shape index (κ3) is 38.5. The quantitative estimate of drug-likeness (QED) is 0.0285. The molecule has 0 saturated heterocycles. The Hall–Kier alpha value is -11.7. The number of aliphatic hydroxyl groups excluding tert-OH is 1. The molecule has 0 amide bonds. The van der Waals surface area contributed by atoms with E-state index in [1.165, 1.54) is 54.6 Å². The maximum atomic E-state index is 12.6. The van der Waals surface area contributed by atoms with Crippen molar-refractivity contribution in [2.24, 2.45) is 0 Å². The van der Waals surface area contributed by atoms with E-state index < -0.39 is 155 Å². The van der Waals surface area contributed by atoms with Crippen molar-refractivity contribution in [2.75, 3.05) is 26.6 Å². The highest BCUT2D eigenvalue weighted by Gasteiger charge is 2.31. The van der Waals surface area contributed by atoms with Gasteiger partial charge >= 0.3 is 71.6 Å². The molecule has 6 aromatic carbocycles. The first kappa shape index (κ1) is 93.0. The van der Waals surface area contributed by atoms with Gasteiger partial charge in [0.15, 0.2) is 13.3 Å².